The number of terminal acetylenes is 1. The molecular weight excluding hydrogens is 286 g/mol. The first-order valence-corrected chi connectivity index (χ1v) is 8.54. The maximum Gasteiger partial charge on any atom is 0.238 e. The van der Waals surface area contributed by atoms with Crippen LogP contribution >= 0.6 is 0 Å². The SMILES string of the molecule is C#CCN1CCC(NCc2cccc(S(N)(=O)=O)c2)CC1. The number of benzene rings is 1. The minimum atomic E-state index is -3.64. The number of hydrogen-bond donors (Lipinski definition) is 2. The molecule has 3 N–H and O–H groups in total. The smallest absolute Gasteiger partial charge is 0.238 e. The fourth-order valence-electron chi connectivity index (χ4n) is 2.52. The summed E-state index contributed by atoms with van der Waals surface area (Å²) >= 11 is 0. The van der Waals surface area contributed by atoms with Crippen molar-refractivity contribution in [2.75, 3.05) is 19.6 Å². The molecule has 0 unspecified atom stereocenters. The number of likely N-dealkylation sites (tertiary alicyclic amines) is 1. The molecule has 1 aliphatic rings. The van der Waals surface area contributed by atoms with E-state index in [0.717, 1.165) is 31.5 Å². The largest absolute Gasteiger partial charge is 0.310 e. The molecule has 0 aliphatic carbocycles. The van der Waals surface area contributed by atoms with Gasteiger partial charge in [-0.3, -0.25) is 4.90 Å². The number of nitrogens with zero attached hydrogens (tertiary/aromatic N) is 1. The Kier molecular flexibility index (Phi) is 5.37. The van der Waals surface area contributed by atoms with Crippen LogP contribution in [0.15, 0.2) is 29.2 Å². The summed E-state index contributed by atoms with van der Waals surface area (Å²) < 4.78 is 22.6. The minimum Gasteiger partial charge on any atom is -0.310 e. The third kappa shape index (κ3) is 4.83. The molecule has 1 aromatic rings. The van der Waals surface area contributed by atoms with Gasteiger partial charge < -0.3 is 5.32 Å². The fraction of sp³-hybridized carbons (Fsp3) is 0.467. The van der Waals surface area contributed by atoms with Gasteiger partial charge in [0.15, 0.2) is 0 Å². The van der Waals surface area contributed by atoms with E-state index in [2.05, 4.69) is 16.1 Å². The Hall–Kier alpha value is -1.39. The van der Waals surface area contributed by atoms with Gasteiger partial charge in [0.05, 0.1) is 11.4 Å². The van der Waals surface area contributed by atoms with Gasteiger partial charge in [-0.2, -0.15) is 0 Å². The summed E-state index contributed by atoms with van der Waals surface area (Å²) in [6.07, 6.45) is 7.42. The van der Waals surface area contributed by atoms with Crippen molar-refractivity contribution in [3.05, 3.63) is 29.8 Å². The molecule has 6 heteroatoms. The molecule has 0 radical (unpaired) electrons. The van der Waals surface area contributed by atoms with E-state index >= 15 is 0 Å². The Morgan fingerprint density at radius 2 is 2.10 bits per heavy atom. The number of nitrogens with one attached hydrogen (secondary N) is 1. The van der Waals surface area contributed by atoms with Crippen molar-refractivity contribution in [2.24, 2.45) is 5.14 Å². The van der Waals surface area contributed by atoms with E-state index in [1.165, 1.54) is 6.07 Å². The van der Waals surface area contributed by atoms with Crippen LogP contribution in [-0.2, 0) is 16.6 Å². The van der Waals surface area contributed by atoms with Gasteiger partial charge >= 0.3 is 0 Å². The number of primary sulfonamides is 1. The van der Waals surface area contributed by atoms with Crippen molar-refractivity contribution < 1.29 is 8.42 Å². The molecule has 1 aliphatic heterocycles. The second-order valence-electron chi connectivity index (χ2n) is 5.33. The van der Waals surface area contributed by atoms with Gasteiger partial charge in [-0.25, -0.2) is 13.6 Å². The van der Waals surface area contributed by atoms with E-state index in [4.69, 9.17) is 11.6 Å². The third-order valence-electron chi connectivity index (χ3n) is 3.72. The van der Waals surface area contributed by atoms with Crippen molar-refractivity contribution in [2.45, 2.75) is 30.3 Å². The Labute approximate surface area is 126 Å². The minimum absolute atomic E-state index is 0.158. The van der Waals surface area contributed by atoms with Crippen LogP contribution in [0.5, 0.6) is 0 Å². The molecule has 0 aromatic heterocycles. The standard InChI is InChI=1S/C15H21N3O2S/c1-2-8-18-9-6-14(7-10-18)17-12-13-4-3-5-15(11-13)21(16,19)20/h1,3-5,11,14,17H,6-10,12H2,(H2,16,19,20). The summed E-state index contributed by atoms with van der Waals surface area (Å²) in [5.41, 5.74) is 0.924. The van der Waals surface area contributed by atoms with Crippen LogP contribution in [0, 0.1) is 12.3 Å². The Morgan fingerprint density at radius 1 is 1.38 bits per heavy atom. The quantitative estimate of drug-likeness (QED) is 0.778. The van der Waals surface area contributed by atoms with Crippen LogP contribution in [0.1, 0.15) is 18.4 Å². The van der Waals surface area contributed by atoms with E-state index in [-0.39, 0.29) is 4.90 Å². The number of piperidine rings is 1. The third-order valence-corrected chi connectivity index (χ3v) is 4.64. The highest BCUT2D eigenvalue weighted by Crippen LogP contribution is 2.13. The lowest BCUT2D eigenvalue weighted by molar-refractivity contribution is 0.217. The summed E-state index contributed by atoms with van der Waals surface area (Å²) in [6, 6.07) is 7.19. The van der Waals surface area contributed by atoms with Crippen molar-refractivity contribution >= 4 is 10.0 Å². The molecule has 0 spiro atoms. The summed E-state index contributed by atoms with van der Waals surface area (Å²) in [4.78, 5) is 2.42. The zero-order chi connectivity index (χ0) is 15.3. The first-order valence-electron chi connectivity index (χ1n) is 7.00. The van der Waals surface area contributed by atoms with Gasteiger partial charge in [0.2, 0.25) is 10.0 Å². The number of sulfonamides is 1. The molecule has 1 heterocycles. The summed E-state index contributed by atoms with van der Waals surface area (Å²) in [5.74, 6) is 2.67. The number of hydrogen-bond acceptors (Lipinski definition) is 4. The normalized spacial score (nSPS) is 17.5. The fourth-order valence-corrected chi connectivity index (χ4v) is 3.10. The lowest BCUT2D eigenvalue weighted by Crippen LogP contribution is -2.42. The molecule has 1 saturated heterocycles. The predicted molar refractivity (Wildman–Crippen MR) is 82.9 cm³/mol. The molecule has 1 fully saturated rings. The second kappa shape index (κ2) is 7.05. The number of nitrogens with two attached hydrogens (primary N) is 1. The van der Waals surface area contributed by atoms with Crippen LogP contribution in [0.2, 0.25) is 0 Å². The number of rotatable bonds is 5. The lowest BCUT2D eigenvalue weighted by atomic mass is 10.0. The first-order chi connectivity index (χ1) is 9.99. The van der Waals surface area contributed by atoms with Crippen molar-refractivity contribution in [1.82, 2.24) is 10.2 Å². The Morgan fingerprint density at radius 3 is 2.71 bits per heavy atom. The molecule has 5 nitrogen and oxygen atoms in total. The molecular formula is C15H21N3O2S. The van der Waals surface area contributed by atoms with Crippen LogP contribution in [0.3, 0.4) is 0 Å². The first kappa shape index (κ1) is 16.0. The highest BCUT2D eigenvalue weighted by atomic mass is 32.2. The van der Waals surface area contributed by atoms with Gasteiger partial charge in [-0.05, 0) is 30.5 Å². The van der Waals surface area contributed by atoms with Crippen molar-refractivity contribution in [3.8, 4) is 12.3 Å². The average molecular weight is 307 g/mol. The monoisotopic (exact) mass is 307 g/mol. The molecule has 0 amide bonds. The van der Waals surface area contributed by atoms with E-state index < -0.39 is 10.0 Å². The summed E-state index contributed by atoms with van der Waals surface area (Å²) in [7, 11) is -3.64. The van der Waals surface area contributed by atoms with Gasteiger partial charge in [0, 0.05) is 25.7 Å². The lowest BCUT2D eigenvalue weighted by Gasteiger charge is -2.31. The van der Waals surface area contributed by atoms with Crippen LogP contribution < -0.4 is 10.5 Å². The van der Waals surface area contributed by atoms with Crippen molar-refractivity contribution in [1.29, 1.82) is 0 Å². The molecule has 0 saturated carbocycles. The van der Waals surface area contributed by atoms with Gasteiger partial charge in [-0.1, -0.05) is 18.1 Å². The predicted octanol–water partition coefficient (Wildman–Crippen LogP) is 0.521. The maximum absolute atomic E-state index is 11.3. The van der Waals surface area contributed by atoms with Gasteiger partial charge in [-0.15, -0.1) is 6.42 Å². The maximum atomic E-state index is 11.3. The highest BCUT2D eigenvalue weighted by Gasteiger charge is 2.18. The van der Waals surface area contributed by atoms with Crippen molar-refractivity contribution in [3.63, 3.8) is 0 Å². The average Bonchev–Trinajstić information content (AvgIpc) is 2.46. The van der Waals surface area contributed by atoms with Crippen LogP contribution in [0.4, 0.5) is 0 Å². The Bertz CT molecular complexity index is 614. The highest BCUT2D eigenvalue weighted by molar-refractivity contribution is 7.89. The molecule has 0 atom stereocenters. The molecule has 0 bridgehead atoms. The molecule has 1 aromatic carbocycles. The van der Waals surface area contributed by atoms with E-state index in [1.54, 1.807) is 12.1 Å². The second-order valence-corrected chi connectivity index (χ2v) is 6.89. The molecule has 2 rings (SSSR count). The molecule has 114 valence electrons. The Balaban J connectivity index is 1.86. The van der Waals surface area contributed by atoms with Gasteiger partial charge in [0.1, 0.15) is 0 Å². The summed E-state index contributed by atoms with van der Waals surface area (Å²) in [5, 5.41) is 8.60. The summed E-state index contributed by atoms with van der Waals surface area (Å²) in [6.45, 7) is 3.35. The van der Waals surface area contributed by atoms with E-state index in [9.17, 15) is 8.42 Å². The molecule has 21 heavy (non-hydrogen) atoms. The van der Waals surface area contributed by atoms with E-state index in [1.807, 2.05) is 6.07 Å². The van der Waals surface area contributed by atoms with Crippen LogP contribution in [0.25, 0.3) is 0 Å². The van der Waals surface area contributed by atoms with Gasteiger partial charge in [0.25, 0.3) is 0 Å². The van der Waals surface area contributed by atoms with Crippen LogP contribution in [-0.4, -0.2) is 39.0 Å². The topological polar surface area (TPSA) is 75.4 Å². The zero-order valence-corrected chi connectivity index (χ0v) is 12.8. The van der Waals surface area contributed by atoms with E-state index in [0.29, 0.717) is 19.1 Å². The zero-order valence-electron chi connectivity index (χ0n) is 12.0.